The zero-order chi connectivity index (χ0) is 15.9. The number of carbonyl (C=O) groups is 2. The zero-order valence-corrected chi connectivity index (χ0v) is 13.1. The number of nitrogens with zero attached hydrogens (tertiary/aromatic N) is 1. The number of rotatable bonds is 6. The number of piperidine rings is 1. The Morgan fingerprint density at radius 1 is 1.32 bits per heavy atom. The van der Waals surface area contributed by atoms with Gasteiger partial charge in [0.25, 0.3) is 5.91 Å². The maximum Gasteiger partial charge on any atom is 0.253 e. The predicted octanol–water partition coefficient (Wildman–Crippen LogP) is 2.20. The van der Waals surface area contributed by atoms with Gasteiger partial charge in [0.2, 0.25) is 5.91 Å². The van der Waals surface area contributed by atoms with Crippen molar-refractivity contribution in [3.63, 3.8) is 0 Å². The molecule has 5 nitrogen and oxygen atoms in total. The molecule has 0 aliphatic carbocycles. The highest BCUT2D eigenvalue weighted by Crippen LogP contribution is 2.20. The fourth-order valence-electron chi connectivity index (χ4n) is 2.60. The molecule has 1 atom stereocenters. The summed E-state index contributed by atoms with van der Waals surface area (Å²) in [4.78, 5) is 25.5. The van der Waals surface area contributed by atoms with E-state index in [9.17, 15) is 9.59 Å². The Kier molecular flexibility index (Phi) is 5.81. The number of likely N-dealkylation sites (tertiary alicyclic amines) is 1. The smallest absolute Gasteiger partial charge is 0.253 e. The molecule has 2 amide bonds. The van der Waals surface area contributed by atoms with Crippen molar-refractivity contribution in [1.29, 1.82) is 0 Å². The summed E-state index contributed by atoms with van der Waals surface area (Å²) in [5.74, 6) is 0.177. The van der Waals surface area contributed by atoms with Crippen LogP contribution in [-0.2, 0) is 4.79 Å². The van der Waals surface area contributed by atoms with E-state index in [-0.39, 0.29) is 17.7 Å². The Hall–Kier alpha value is -2.04. The summed E-state index contributed by atoms with van der Waals surface area (Å²) in [6.45, 7) is 3.90. The van der Waals surface area contributed by atoms with Crippen molar-refractivity contribution >= 4 is 11.8 Å². The van der Waals surface area contributed by atoms with Gasteiger partial charge in [-0.2, -0.15) is 0 Å². The molecule has 0 spiro atoms. The Morgan fingerprint density at radius 2 is 2.05 bits per heavy atom. The van der Waals surface area contributed by atoms with Gasteiger partial charge in [-0.05, 0) is 43.5 Å². The zero-order valence-electron chi connectivity index (χ0n) is 13.1. The molecule has 1 aliphatic heterocycles. The molecule has 22 heavy (non-hydrogen) atoms. The van der Waals surface area contributed by atoms with Gasteiger partial charge in [-0.15, -0.1) is 0 Å². The fraction of sp³-hybridized carbons (Fsp3) is 0.529. The van der Waals surface area contributed by atoms with Gasteiger partial charge < -0.3 is 15.4 Å². The molecule has 1 aromatic rings. The molecule has 5 heteroatoms. The molecule has 0 bridgehead atoms. The quantitative estimate of drug-likeness (QED) is 0.819. The van der Waals surface area contributed by atoms with E-state index in [1.165, 1.54) is 0 Å². The summed E-state index contributed by atoms with van der Waals surface area (Å²) in [6.07, 6.45) is 3.69. The van der Waals surface area contributed by atoms with Crippen LogP contribution in [0.5, 0.6) is 5.75 Å². The summed E-state index contributed by atoms with van der Waals surface area (Å²) in [5, 5.41) is 0. The molecule has 120 valence electrons. The number of hydrogen-bond acceptors (Lipinski definition) is 3. The van der Waals surface area contributed by atoms with Gasteiger partial charge in [-0.3, -0.25) is 9.59 Å². The van der Waals surface area contributed by atoms with E-state index in [0.717, 1.165) is 31.4 Å². The van der Waals surface area contributed by atoms with Crippen molar-refractivity contribution in [2.75, 3.05) is 19.7 Å². The van der Waals surface area contributed by atoms with Crippen LogP contribution in [0.25, 0.3) is 0 Å². The van der Waals surface area contributed by atoms with Crippen molar-refractivity contribution in [3.05, 3.63) is 29.8 Å². The fourth-order valence-corrected chi connectivity index (χ4v) is 2.60. The molecule has 2 rings (SSSR count). The van der Waals surface area contributed by atoms with Crippen molar-refractivity contribution < 1.29 is 14.3 Å². The molecule has 1 heterocycles. The minimum Gasteiger partial charge on any atom is -0.494 e. The summed E-state index contributed by atoms with van der Waals surface area (Å²) in [7, 11) is 0. The SMILES string of the molecule is CCCCOc1ccc(C(=O)N2CCC[C@@H](C(N)=O)C2)cc1. The molecule has 2 N–H and O–H groups in total. The first-order valence-corrected chi connectivity index (χ1v) is 7.93. The molecule has 0 aromatic heterocycles. The largest absolute Gasteiger partial charge is 0.494 e. The highest BCUT2D eigenvalue weighted by Gasteiger charge is 2.27. The van der Waals surface area contributed by atoms with E-state index in [0.29, 0.717) is 25.3 Å². The maximum absolute atomic E-state index is 12.5. The van der Waals surface area contributed by atoms with E-state index < -0.39 is 0 Å². The Balaban J connectivity index is 1.95. The number of benzene rings is 1. The van der Waals surface area contributed by atoms with E-state index >= 15 is 0 Å². The average molecular weight is 304 g/mol. The van der Waals surface area contributed by atoms with Crippen LogP contribution >= 0.6 is 0 Å². The number of amides is 2. The van der Waals surface area contributed by atoms with Crippen LogP contribution < -0.4 is 10.5 Å². The van der Waals surface area contributed by atoms with Crippen LogP contribution in [-0.4, -0.2) is 36.4 Å². The van der Waals surface area contributed by atoms with Gasteiger partial charge in [0.1, 0.15) is 5.75 Å². The first kappa shape index (κ1) is 16.3. The lowest BCUT2D eigenvalue weighted by Crippen LogP contribution is -2.44. The van der Waals surface area contributed by atoms with E-state index in [1.54, 1.807) is 17.0 Å². The summed E-state index contributed by atoms with van der Waals surface area (Å²) < 4.78 is 5.59. The van der Waals surface area contributed by atoms with Gasteiger partial charge in [-0.25, -0.2) is 0 Å². The molecule has 0 saturated carbocycles. The normalized spacial score (nSPS) is 18.0. The molecule has 1 fully saturated rings. The van der Waals surface area contributed by atoms with Crippen molar-refractivity contribution in [2.24, 2.45) is 11.7 Å². The number of hydrogen-bond donors (Lipinski definition) is 1. The van der Waals surface area contributed by atoms with Crippen molar-refractivity contribution in [3.8, 4) is 5.75 Å². The van der Waals surface area contributed by atoms with Crippen LogP contribution in [0.15, 0.2) is 24.3 Å². The summed E-state index contributed by atoms with van der Waals surface area (Å²) >= 11 is 0. The van der Waals surface area contributed by atoms with Gasteiger partial charge in [0.15, 0.2) is 0 Å². The van der Waals surface area contributed by atoms with Gasteiger partial charge in [0, 0.05) is 18.7 Å². The third-order valence-corrected chi connectivity index (χ3v) is 3.98. The maximum atomic E-state index is 12.5. The minimum absolute atomic E-state index is 0.0499. The Labute approximate surface area is 131 Å². The third-order valence-electron chi connectivity index (χ3n) is 3.98. The van der Waals surface area contributed by atoms with E-state index in [4.69, 9.17) is 10.5 Å². The molecule has 1 aromatic carbocycles. The van der Waals surface area contributed by atoms with Crippen molar-refractivity contribution in [2.45, 2.75) is 32.6 Å². The monoisotopic (exact) mass is 304 g/mol. The lowest BCUT2D eigenvalue weighted by atomic mass is 9.97. The molecule has 0 radical (unpaired) electrons. The van der Waals surface area contributed by atoms with Crippen LogP contribution in [0.1, 0.15) is 43.0 Å². The molecular formula is C17H24N2O3. The first-order chi connectivity index (χ1) is 10.6. The Bertz CT molecular complexity index is 513. The second-order valence-electron chi connectivity index (χ2n) is 5.72. The molecule has 1 aliphatic rings. The van der Waals surface area contributed by atoms with Crippen LogP contribution in [0.2, 0.25) is 0 Å². The van der Waals surface area contributed by atoms with Crippen molar-refractivity contribution in [1.82, 2.24) is 4.90 Å². The topological polar surface area (TPSA) is 72.6 Å². The van der Waals surface area contributed by atoms with Gasteiger partial charge in [-0.1, -0.05) is 13.3 Å². The van der Waals surface area contributed by atoms with Gasteiger partial charge >= 0.3 is 0 Å². The number of carbonyl (C=O) groups excluding carboxylic acids is 2. The lowest BCUT2D eigenvalue weighted by molar-refractivity contribution is -0.123. The summed E-state index contributed by atoms with van der Waals surface area (Å²) in [6, 6.07) is 7.19. The Morgan fingerprint density at radius 3 is 2.68 bits per heavy atom. The molecular weight excluding hydrogens is 280 g/mol. The highest BCUT2D eigenvalue weighted by atomic mass is 16.5. The van der Waals surface area contributed by atoms with Crippen LogP contribution in [0.3, 0.4) is 0 Å². The highest BCUT2D eigenvalue weighted by molar-refractivity contribution is 5.94. The minimum atomic E-state index is -0.322. The predicted molar refractivity (Wildman–Crippen MR) is 84.7 cm³/mol. The van der Waals surface area contributed by atoms with Crippen LogP contribution in [0, 0.1) is 5.92 Å². The second-order valence-corrected chi connectivity index (χ2v) is 5.72. The standard InChI is InChI=1S/C17H24N2O3/c1-2-3-11-22-15-8-6-13(7-9-15)17(21)19-10-4-5-14(12-19)16(18)20/h6-9,14H,2-5,10-12H2,1H3,(H2,18,20)/t14-/m1/s1. The molecule has 1 saturated heterocycles. The number of primary amides is 1. The number of unbranched alkanes of at least 4 members (excludes halogenated alkanes) is 1. The van der Waals surface area contributed by atoms with E-state index in [1.807, 2.05) is 12.1 Å². The average Bonchev–Trinajstić information content (AvgIpc) is 2.55. The lowest BCUT2D eigenvalue weighted by Gasteiger charge is -2.31. The van der Waals surface area contributed by atoms with Gasteiger partial charge in [0.05, 0.1) is 12.5 Å². The summed E-state index contributed by atoms with van der Waals surface area (Å²) in [5.41, 5.74) is 5.97. The first-order valence-electron chi connectivity index (χ1n) is 7.93. The van der Waals surface area contributed by atoms with E-state index in [2.05, 4.69) is 6.92 Å². The molecule has 0 unspecified atom stereocenters. The van der Waals surface area contributed by atoms with Crippen LogP contribution in [0.4, 0.5) is 0 Å². The third kappa shape index (κ3) is 4.23. The number of nitrogens with two attached hydrogens (primary N) is 1. The number of ether oxygens (including phenoxy) is 1. The second kappa shape index (κ2) is 7.82.